The van der Waals surface area contributed by atoms with Crippen molar-refractivity contribution in [2.24, 2.45) is 5.92 Å². The van der Waals surface area contributed by atoms with Crippen molar-refractivity contribution in [1.82, 2.24) is 39.0 Å². The lowest BCUT2D eigenvalue weighted by molar-refractivity contribution is -0.141. The first kappa shape index (κ1) is 40.9. The van der Waals surface area contributed by atoms with E-state index in [0.29, 0.717) is 86.8 Å². The van der Waals surface area contributed by atoms with Gasteiger partial charge in [-0.3, -0.25) is 9.69 Å². The number of anilines is 4. The fraction of sp³-hybridized carbons (Fsp3) is 0.375. The molecule has 2 aliphatic rings. The van der Waals surface area contributed by atoms with E-state index in [1.807, 2.05) is 29.2 Å². The Bertz CT molecular complexity index is 2440. The molecule has 0 aliphatic carbocycles. The number of imidazole rings is 1. The van der Waals surface area contributed by atoms with Crippen LogP contribution in [0.1, 0.15) is 35.4 Å². The van der Waals surface area contributed by atoms with E-state index in [4.69, 9.17) is 4.74 Å². The molecule has 308 valence electrons. The van der Waals surface area contributed by atoms with Gasteiger partial charge >= 0.3 is 5.97 Å². The van der Waals surface area contributed by atoms with Crippen LogP contribution in [-0.4, -0.2) is 118 Å². The Labute approximate surface area is 341 Å². The third-order valence-electron chi connectivity index (χ3n) is 10.4. The zero-order valence-electron chi connectivity index (χ0n) is 32.7. The minimum atomic E-state index is -3.25. The predicted octanol–water partition coefficient (Wildman–Crippen LogP) is 3.63. The van der Waals surface area contributed by atoms with Crippen LogP contribution in [0.3, 0.4) is 0 Å². The molecule has 1 amide bonds. The zero-order chi connectivity index (χ0) is 41.5. The average molecular weight is 825 g/mol. The molecule has 0 radical (unpaired) electrons. The number of halogens is 1. The van der Waals surface area contributed by atoms with Crippen LogP contribution in [0.25, 0.3) is 11.0 Å². The number of methoxy groups -OCH3 is 1. The fourth-order valence-corrected chi connectivity index (χ4v) is 8.12. The molecule has 4 N–H and O–H groups in total. The molecule has 1 atom stereocenters. The Hall–Kier alpha value is -6.23. The molecule has 59 heavy (non-hydrogen) atoms. The average Bonchev–Trinajstić information content (AvgIpc) is 3.64. The number of ether oxygens (including phenoxy) is 1. The predicted molar refractivity (Wildman–Crippen MR) is 218 cm³/mol. The van der Waals surface area contributed by atoms with Gasteiger partial charge < -0.3 is 30.6 Å². The topological polar surface area (TPSA) is 214 Å². The number of rotatable bonds is 14. The number of H-pyrrole nitrogens is 1. The van der Waals surface area contributed by atoms with Crippen molar-refractivity contribution in [3.8, 4) is 6.07 Å². The number of carbonyl (C=O) groups excluding carboxylic acids is 2. The maximum absolute atomic E-state index is 13.8. The van der Waals surface area contributed by atoms with Crippen LogP contribution in [0.2, 0.25) is 0 Å². The maximum Gasteiger partial charge on any atom is 0.328 e. The first-order valence-electron chi connectivity index (χ1n) is 19.2. The van der Waals surface area contributed by atoms with E-state index in [2.05, 4.69) is 51.8 Å². The van der Waals surface area contributed by atoms with Gasteiger partial charge in [-0.1, -0.05) is 24.3 Å². The van der Waals surface area contributed by atoms with E-state index in [0.717, 1.165) is 11.1 Å². The van der Waals surface area contributed by atoms with Gasteiger partial charge in [0.05, 0.1) is 42.6 Å². The highest BCUT2D eigenvalue weighted by Crippen LogP contribution is 2.24. The standard InChI is InChI=1S/C40H45FN12O5S/c1-58-37(55)34(21-26-6-8-27(23-42)9-7-26)47-40-49-38(43-24-35-45-32-11-10-30(41)22-33(32)46-35)48-39(50-40)44-31-5-3-4-28(20-31)25-51-16-18-52(19-17-51)36(54)29-12-14-53(15-13-29)59(2,56)57/h3-11,20,22,29,34H,12-19,21,24-25H2,1-2H3,(H,45,46)(H3,43,44,47,48,49,50)/t34-/m0/s1. The molecule has 2 aliphatic heterocycles. The summed E-state index contributed by atoms with van der Waals surface area (Å²) in [6, 6.07) is 20.2. The fourth-order valence-electron chi connectivity index (χ4n) is 7.25. The van der Waals surface area contributed by atoms with Gasteiger partial charge in [0.2, 0.25) is 33.8 Å². The van der Waals surface area contributed by atoms with E-state index in [1.165, 1.54) is 29.8 Å². The molecule has 17 nitrogen and oxygen atoms in total. The highest BCUT2D eigenvalue weighted by molar-refractivity contribution is 7.88. The van der Waals surface area contributed by atoms with Crippen LogP contribution in [0.15, 0.2) is 66.7 Å². The SMILES string of the molecule is COC(=O)[C@H](Cc1ccc(C#N)cc1)Nc1nc(NCc2nc3cc(F)ccc3[nH]2)nc(Nc2cccc(CN3CCN(C(=O)C4CCN(S(C)(=O)=O)CC4)CC3)c2)n1. The molecule has 0 unspecified atom stereocenters. The number of hydrogen-bond donors (Lipinski definition) is 4. The minimum absolute atomic E-state index is 0.0882. The monoisotopic (exact) mass is 824 g/mol. The van der Waals surface area contributed by atoms with E-state index in [1.54, 1.807) is 30.3 Å². The summed E-state index contributed by atoms with van der Waals surface area (Å²) in [5, 5.41) is 18.7. The first-order chi connectivity index (χ1) is 28.4. The van der Waals surface area contributed by atoms with Crippen LogP contribution in [0, 0.1) is 23.1 Å². The van der Waals surface area contributed by atoms with Crippen molar-refractivity contribution in [3.63, 3.8) is 0 Å². The Balaban J connectivity index is 1.03. The Kier molecular flexibility index (Phi) is 12.6. The van der Waals surface area contributed by atoms with Gasteiger partial charge in [0.1, 0.15) is 17.7 Å². The number of carbonyl (C=O) groups is 2. The summed E-state index contributed by atoms with van der Waals surface area (Å²) in [4.78, 5) is 51.8. The number of nitrogens with zero attached hydrogens (tertiary/aromatic N) is 8. The highest BCUT2D eigenvalue weighted by atomic mass is 32.2. The van der Waals surface area contributed by atoms with Gasteiger partial charge in [-0.2, -0.15) is 20.2 Å². The molecule has 5 aromatic rings. The number of amides is 1. The molecule has 2 saturated heterocycles. The number of nitriles is 1. The minimum Gasteiger partial charge on any atom is -0.467 e. The van der Waals surface area contributed by atoms with E-state index in [9.17, 15) is 27.7 Å². The summed E-state index contributed by atoms with van der Waals surface area (Å²) in [6.07, 6.45) is 2.51. The molecule has 19 heteroatoms. The largest absolute Gasteiger partial charge is 0.467 e. The molecule has 2 aromatic heterocycles. The van der Waals surface area contributed by atoms with Crippen molar-refractivity contribution >= 4 is 56.5 Å². The number of aromatic amines is 1. The van der Waals surface area contributed by atoms with E-state index < -0.39 is 27.9 Å². The molecule has 3 aromatic carbocycles. The van der Waals surface area contributed by atoms with Crippen LogP contribution in [0.4, 0.5) is 27.9 Å². The molecular weight excluding hydrogens is 780 g/mol. The second-order valence-electron chi connectivity index (χ2n) is 14.6. The normalized spacial score (nSPS) is 16.0. The summed E-state index contributed by atoms with van der Waals surface area (Å²) in [7, 11) is -1.96. The zero-order valence-corrected chi connectivity index (χ0v) is 33.5. The molecule has 2 fully saturated rings. The Morgan fingerprint density at radius 3 is 2.37 bits per heavy atom. The maximum atomic E-state index is 13.8. The van der Waals surface area contributed by atoms with Gasteiger partial charge in [0, 0.05) is 69.9 Å². The van der Waals surface area contributed by atoms with E-state index >= 15 is 0 Å². The van der Waals surface area contributed by atoms with Crippen molar-refractivity contribution in [2.45, 2.75) is 38.4 Å². The van der Waals surface area contributed by atoms with Crippen LogP contribution >= 0.6 is 0 Å². The number of esters is 1. The number of benzene rings is 3. The van der Waals surface area contributed by atoms with Crippen molar-refractivity contribution < 1.29 is 27.1 Å². The van der Waals surface area contributed by atoms with Crippen LogP contribution in [-0.2, 0) is 43.9 Å². The number of piperidine rings is 1. The third kappa shape index (κ3) is 10.6. The number of aromatic nitrogens is 5. The van der Waals surface area contributed by atoms with Gasteiger partial charge in [-0.05, 0) is 60.4 Å². The number of sulfonamides is 1. The lowest BCUT2D eigenvalue weighted by atomic mass is 9.96. The van der Waals surface area contributed by atoms with Crippen molar-refractivity contribution in [1.29, 1.82) is 5.26 Å². The van der Waals surface area contributed by atoms with E-state index in [-0.39, 0.29) is 42.6 Å². The summed E-state index contributed by atoms with van der Waals surface area (Å²) >= 11 is 0. The summed E-state index contributed by atoms with van der Waals surface area (Å²) in [6.45, 7) is 4.17. The molecule has 0 bridgehead atoms. The Morgan fingerprint density at radius 2 is 1.66 bits per heavy atom. The smallest absolute Gasteiger partial charge is 0.328 e. The quantitative estimate of drug-likeness (QED) is 0.118. The lowest BCUT2D eigenvalue weighted by Gasteiger charge is -2.38. The third-order valence-corrected chi connectivity index (χ3v) is 11.7. The molecular formula is C40H45FN12O5S. The lowest BCUT2D eigenvalue weighted by Crippen LogP contribution is -2.51. The van der Waals surface area contributed by atoms with Crippen molar-refractivity contribution in [3.05, 3.63) is 95.1 Å². The van der Waals surface area contributed by atoms with Gasteiger partial charge in [-0.15, -0.1) is 0 Å². The molecule has 0 spiro atoms. The molecule has 7 rings (SSSR count). The van der Waals surface area contributed by atoms with Gasteiger partial charge in [0.15, 0.2) is 0 Å². The highest BCUT2D eigenvalue weighted by Gasteiger charge is 2.33. The van der Waals surface area contributed by atoms with Crippen LogP contribution < -0.4 is 16.0 Å². The second kappa shape index (κ2) is 18.1. The van der Waals surface area contributed by atoms with Gasteiger partial charge in [0.25, 0.3) is 0 Å². The van der Waals surface area contributed by atoms with Gasteiger partial charge in [-0.25, -0.2) is 26.9 Å². The Morgan fingerprint density at radius 1 is 0.932 bits per heavy atom. The van der Waals surface area contributed by atoms with Crippen LogP contribution in [0.5, 0.6) is 0 Å². The number of nitrogens with one attached hydrogen (secondary N) is 4. The molecule has 4 heterocycles. The number of fused-ring (bicyclic) bond motifs is 1. The molecule has 0 saturated carbocycles. The number of piperazine rings is 1. The summed E-state index contributed by atoms with van der Waals surface area (Å²) < 4.78 is 44.1. The number of hydrogen-bond acceptors (Lipinski definition) is 14. The summed E-state index contributed by atoms with van der Waals surface area (Å²) in [5.74, 6) is -0.0243. The second-order valence-corrected chi connectivity index (χ2v) is 16.6. The summed E-state index contributed by atoms with van der Waals surface area (Å²) in [5.41, 5.74) is 4.17. The van der Waals surface area contributed by atoms with Crippen molar-refractivity contribution in [2.75, 3.05) is 68.6 Å². The first-order valence-corrected chi connectivity index (χ1v) is 21.1.